The van der Waals surface area contributed by atoms with Crippen molar-refractivity contribution in [3.8, 4) is 0 Å². The van der Waals surface area contributed by atoms with Crippen molar-refractivity contribution >= 4 is 0 Å². The van der Waals surface area contributed by atoms with Crippen LogP contribution in [-0.4, -0.2) is 52.7 Å². The van der Waals surface area contributed by atoms with Gasteiger partial charge in [0.25, 0.3) is 0 Å². The highest BCUT2D eigenvalue weighted by Crippen LogP contribution is 2.25. The first-order valence-corrected chi connectivity index (χ1v) is 6.70. The van der Waals surface area contributed by atoms with Crippen LogP contribution in [0.25, 0.3) is 0 Å². The molecule has 2 rings (SSSR count). The van der Waals surface area contributed by atoms with Crippen LogP contribution in [0.5, 0.6) is 0 Å². The van der Waals surface area contributed by atoms with Gasteiger partial charge in [0, 0.05) is 37.9 Å². The third-order valence-electron chi connectivity index (χ3n) is 3.63. The zero-order valence-corrected chi connectivity index (χ0v) is 11.8. The number of rotatable bonds is 3. The molecule has 0 unspecified atom stereocenters. The molecule has 1 aliphatic heterocycles. The molecule has 1 aliphatic rings. The average molecular weight is 287 g/mol. The van der Waals surface area contributed by atoms with Gasteiger partial charge in [0.1, 0.15) is 0 Å². The second kappa shape index (κ2) is 5.69. The van der Waals surface area contributed by atoms with Gasteiger partial charge in [-0.15, -0.1) is 0 Å². The summed E-state index contributed by atoms with van der Waals surface area (Å²) in [5.41, 5.74) is 0.658. The second-order valence-corrected chi connectivity index (χ2v) is 5.88. The maximum atomic E-state index is 12.5. The van der Waals surface area contributed by atoms with E-state index in [-0.39, 0.29) is 5.54 Å². The van der Waals surface area contributed by atoms with Crippen molar-refractivity contribution in [2.75, 3.05) is 26.2 Å². The number of piperazine rings is 1. The van der Waals surface area contributed by atoms with Gasteiger partial charge >= 0.3 is 6.18 Å². The summed E-state index contributed by atoms with van der Waals surface area (Å²) in [7, 11) is 0. The first kappa shape index (κ1) is 15.3. The van der Waals surface area contributed by atoms with Gasteiger partial charge in [0.2, 0.25) is 0 Å². The van der Waals surface area contributed by atoms with Crippen LogP contribution in [0.2, 0.25) is 0 Å². The summed E-state index contributed by atoms with van der Waals surface area (Å²) in [6, 6.07) is 5.73. The summed E-state index contributed by atoms with van der Waals surface area (Å²) in [5, 5.41) is 0. The molecule has 6 heteroatoms. The Morgan fingerprint density at radius 2 is 2.00 bits per heavy atom. The quantitative estimate of drug-likeness (QED) is 0.851. The molecule has 0 spiro atoms. The van der Waals surface area contributed by atoms with Gasteiger partial charge in [-0.3, -0.25) is 14.8 Å². The van der Waals surface area contributed by atoms with Crippen LogP contribution in [0, 0.1) is 0 Å². The molecule has 1 fully saturated rings. The van der Waals surface area contributed by atoms with Crippen LogP contribution in [0.1, 0.15) is 19.5 Å². The van der Waals surface area contributed by atoms with Crippen molar-refractivity contribution in [3.05, 3.63) is 30.1 Å². The van der Waals surface area contributed by atoms with E-state index in [9.17, 15) is 13.2 Å². The van der Waals surface area contributed by atoms with Crippen molar-refractivity contribution in [1.82, 2.24) is 14.8 Å². The standard InChI is InChI=1S/C14H20F3N3/c1-13(2)10-19(11-14(15,16)17)7-8-20(13)9-12-5-3-4-6-18-12/h3-6H,7-11H2,1-2H3. The molecule has 2 heterocycles. The Bertz CT molecular complexity index is 431. The van der Waals surface area contributed by atoms with E-state index in [1.54, 1.807) is 6.20 Å². The smallest absolute Gasteiger partial charge is 0.292 e. The highest BCUT2D eigenvalue weighted by molar-refractivity contribution is 5.05. The molecule has 20 heavy (non-hydrogen) atoms. The maximum Gasteiger partial charge on any atom is 0.401 e. The van der Waals surface area contributed by atoms with E-state index >= 15 is 0 Å². The molecule has 3 nitrogen and oxygen atoms in total. The Morgan fingerprint density at radius 1 is 1.25 bits per heavy atom. The Morgan fingerprint density at radius 3 is 2.55 bits per heavy atom. The fraction of sp³-hybridized carbons (Fsp3) is 0.643. The van der Waals surface area contributed by atoms with E-state index in [1.165, 1.54) is 4.90 Å². The lowest BCUT2D eigenvalue weighted by Crippen LogP contribution is -2.60. The Labute approximate surface area is 117 Å². The average Bonchev–Trinajstić information content (AvgIpc) is 2.31. The number of nitrogens with zero attached hydrogens (tertiary/aromatic N) is 3. The molecule has 112 valence electrons. The zero-order valence-electron chi connectivity index (χ0n) is 11.8. The van der Waals surface area contributed by atoms with Crippen LogP contribution in [0.4, 0.5) is 13.2 Å². The molecule has 0 N–H and O–H groups in total. The minimum absolute atomic E-state index is 0.291. The van der Waals surface area contributed by atoms with E-state index in [2.05, 4.69) is 9.88 Å². The molecule has 0 aliphatic carbocycles. The van der Waals surface area contributed by atoms with E-state index in [0.717, 1.165) is 5.69 Å². The van der Waals surface area contributed by atoms with Crippen molar-refractivity contribution in [1.29, 1.82) is 0 Å². The molecule has 1 aromatic heterocycles. The van der Waals surface area contributed by atoms with E-state index in [1.807, 2.05) is 32.0 Å². The summed E-state index contributed by atoms with van der Waals surface area (Å²) < 4.78 is 37.4. The number of pyridine rings is 1. The van der Waals surface area contributed by atoms with Gasteiger partial charge in [-0.1, -0.05) is 6.07 Å². The van der Waals surface area contributed by atoms with Crippen molar-refractivity contribution < 1.29 is 13.2 Å². The van der Waals surface area contributed by atoms with Crippen LogP contribution < -0.4 is 0 Å². The lowest BCUT2D eigenvalue weighted by atomic mass is 9.98. The lowest BCUT2D eigenvalue weighted by Gasteiger charge is -2.47. The third-order valence-corrected chi connectivity index (χ3v) is 3.63. The molecular weight excluding hydrogens is 267 g/mol. The molecule has 0 radical (unpaired) electrons. The van der Waals surface area contributed by atoms with Gasteiger partial charge in [-0.05, 0) is 26.0 Å². The highest BCUT2D eigenvalue weighted by atomic mass is 19.4. The van der Waals surface area contributed by atoms with E-state index in [4.69, 9.17) is 0 Å². The number of aromatic nitrogens is 1. The maximum absolute atomic E-state index is 12.5. The van der Waals surface area contributed by atoms with Gasteiger partial charge in [0.15, 0.2) is 0 Å². The number of alkyl halides is 3. The molecule has 0 atom stereocenters. The summed E-state index contributed by atoms with van der Waals surface area (Å²) in [6.07, 6.45) is -2.39. The molecular formula is C14H20F3N3. The Hall–Kier alpha value is -1.14. The SMILES string of the molecule is CC1(C)CN(CC(F)(F)F)CCN1Cc1ccccn1. The van der Waals surface area contributed by atoms with Crippen LogP contribution >= 0.6 is 0 Å². The van der Waals surface area contributed by atoms with Crippen LogP contribution in [-0.2, 0) is 6.54 Å². The number of halogens is 3. The summed E-state index contributed by atoms with van der Waals surface area (Å²) in [4.78, 5) is 7.96. The van der Waals surface area contributed by atoms with Gasteiger partial charge in [-0.25, -0.2) is 0 Å². The first-order valence-electron chi connectivity index (χ1n) is 6.70. The molecule has 1 aromatic rings. The van der Waals surface area contributed by atoms with Crippen LogP contribution in [0.3, 0.4) is 0 Å². The molecule has 0 saturated carbocycles. The topological polar surface area (TPSA) is 19.4 Å². The molecule has 0 bridgehead atoms. The van der Waals surface area contributed by atoms with Crippen molar-refractivity contribution in [3.63, 3.8) is 0 Å². The summed E-state index contributed by atoms with van der Waals surface area (Å²) >= 11 is 0. The summed E-state index contributed by atoms with van der Waals surface area (Å²) in [5.74, 6) is 0. The second-order valence-electron chi connectivity index (χ2n) is 5.88. The summed E-state index contributed by atoms with van der Waals surface area (Å²) in [6.45, 7) is 5.30. The predicted molar refractivity (Wildman–Crippen MR) is 71.2 cm³/mol. The predicted octanol–water partition coefficient (Wildman–Crippen LogP) is 2.54. The van der Waals surface area contributed by atoms with Crippen LogP contribution in [0.15, 0.2) is 24.4 Å². The molecule has 1 saturated heterocycles. The van der Waals surface area contributed by atoms with E-state index in [0.29, 0.717) is 26.2 Å². The van der Waals surface area contributed by atoms with E-state index < -0.39 is 12.7 Å². The minimum Gasteiger partial charge on any atom is -0.292 e. The largest absolute Gasteiger partial charge is 0.401 e. The third kappa shape index (κ3) is 4.18. The van der Waals surface area contributed by atoms with Gasteiger partial charge in [0.05, 0.1) is 12.2 Å². The fourth-order valence-corrected chi connectivity index (χ4v) is 2.66. The Balaban J connectivity index is 1.98. The Kier molecular flexibility index (Phi) is 4.34. The molecule has 0 amide bonds. The van der Waals surface area contributed by atoms with Crippen molar-refractivity contribution in [2.24, 2.45) is 0 Å². The first-order chi connectivity index (χ1) is 9.26. The molecule has 0 aromatic carbocycles. The number of hydrogen-bond donors (Lipinski definition) is 0. The monoisotopic (exact) mass is 287 g/mol. The number of hydrogen-bond acceptors (Lipinski definition) is 3. The minimum atomic E-state index is -4.13. The van der Waals surface area contributed by atoms with Gasteiger partial charge in [-0.2, -0.15) is 13.2 Å². The fourth-order valence-electron chi connectivity index (χ4n) is 2.66. The van der Waals surface area contributed by atoms with Crippen molar-refractivity contribution in [2.45, 2.75) is 32.1 Å². The zero-order chi connectivity index (χ0) is 14.8. The lowest BCUT2D eigenvalue weighted by molar-refractivity contribution is -0.155. The normalized spacial score (nSPS) is 21.1. The van der Waals surface area contributed by atoms with Gasteiger partial charge < -0.3 is 0 Å². The highest BCUT2D eigenvalue weighted by Gasteiger charge is 2.38.